The quantitative estimate of drug-likeness (QED) is 0.773. The van der Waals surface area contributed by atoms with E-state index in [2.05, 4.69) is 20.0 Å². The number of nitrogens with one attached hydrogen (secondary N) is 2. The molecule has 0 saturated carbocycles. The van der Waals surface area contributed by atoms with Gasteiger partial charge in [-0.05, 0) is 18.2 Å². The Morgan fingerprint density at radius 1 is 1.15 bits per heavy atom. The fourth-order valence-electron chi connectivity index (χ4n) is 3.40. The number of nitrogens with zero attached hydrogens (tertiary/aromatic N) is 2. The summed E-state index contributed by atoms with van der Waals surface area (Å²) >= 11 is 0. The summed E-state index contributed by atoms with van der Waals surface area (Å²) in [6.45, 7) is 0.579. The molecule has 4 rings (SSSR count). The number of halogens is 1. The van der Waals surface area contributed by atoms with Gasteiger partial charge in [-0.1, -0.05) is 12.1 Å². The number of anilines is 1. The van der Waals surface area contributed by atoms with E-state index in [4.69, 9.17) is 9.47 Å². The first-order chi connectivity index (χ1) is 12.9. The van der Waals surface area contributed by atoms with Crippen molar-refractivity contribution in [2.45, 2.75) is 24.3 Å². The van der Waals surface area contributed by atoms with E-state index in [9.17, 15) is 12.8 Å². The molecule has 2 aliphatic heterocycles. The number of hydrogen-bond acceptors (Lipinski definition) is 7. The van der Waals surface area contributed by atoms with Gasteiger partial charge in [0.25, 0.3) is 0 Å². The lowest BCUT2D eigenvalue weighted by atomic mass is 10.1. The molecule has 0 bridgehead atoms. The monoisotopic (exact) mass is 394 g/mol. The molecule has 0 spiro atoms. The van der Waals surface area contributed by atoms with E-state index in [1.54, 1.807) is 24.4 Å². The highest BCUT2D eigenvalue weighted by Crippen LogP contribution is 2.29. The molecule has 2 fully saturated rings. The maximum absolute atomic E-state index is 13.4. The lowest BCUT2D eigenvalue weighted by molar-refractivity contribution is 0.0690. The van der Waals surface area contributed by atoms with Crippen molar-refractivity contribution in [3.8, 4) is 11.3 Å². The molecule has 2 aliphatic rings. The first-order valence-electron chi connectivity index (χ1n) is 8.45. The Morgan fingerprint density at radius 2 is 1.89 bits per heavy atom. The molecule has 0 radical (unpaired) electrons. The van der Waals surface area contributed by atoms with Crippen LogP contribution in [0.1, 0.15) is 0 Å². The first kappa shape index (κ1) is 18.2. The maximum atomic E-state index is 13.4. The zero-order valence-electron chi connectivity index (χ0n) is 14.5. The molecule has 2 saturated heterocycles. The summed E-state index contributed by atoms with van der Waals surface area (Å²) in [6.07, 6.45) is 2.01. The predicted molar refractivity (Wildman–Crippen MR) is 96.1 cm³/mol. The van der Waals surface area contributed by atoms with Crippen molar-refractivity contribution in [3.63, 3.8) is 0 Å². The number of rotatable bonds is 5. The number of hydrogen-bond donors (Lipinski definition) is 2. The van der Waals surface area contributed by atoms with E-state index in [1.807, 2.05) is 0 Å². The highest BCUT2D eigenvalue weighted by Gasteiger charge is 2.48. The lowest BCUT2D eigenvalue weighted by Crippen LogP contribution is -2.44. The van der Waals surface area contributed by atoms with Gasteiger partial charge < -0.3 is 14.8 Å². The van der Waals surface area contributed by atoms with Crippen molar-refractivity contribution in [3.05, 3.63) is 42.3 Å². The standard InChI is InChI=1S/C17H19FN4O4S/c1-27(23,24)22-14-9-26-15-13(8-25-16(14)15)21-17-19-6-5-12(20-17)10-3-2-4-11(18)7-10/h2-7,13-16,22H,8-9H2,1H3,(H,19,20,21). The Kier molecular flexibility index (Phi) is 4.81. The Labute approximate surface area is 156 Å². The van der Waals surface area contributed by atoms with Crippen LogP contribution in [-0.4, -0.2) is 62.1 Å². The van der Waals surface area contributed by atoms with E-state index >= 15 is 0 Å². The summed E-state index contributed by atoms with van der Waals surface area (Å²) in [7, 11) is -3.35. The summed E-state index contributed by atoms with van der Waals surface area (Å²) < 4.78 is 50.4. The molecular weight excluding hydrogens is 375 g/mol. The minimum absolute atomic E-state index is 0.218. The van der Waals surface area contributed by atoms with E-state index < -0.39 is 16.1 Å². The normalized spacial score (nSPS) is 27.5. The van der Waals surface area contributed by atoms with Gasteiger partial charge in [-0.25, -0.2) is 27.5 Å². The van der Waals surface area contributed by atoms with Crippen LogP contribution in [0.4, 0.5) is 10.3 Å². The molecule has 3 heterocycles. The first-order valence-corrected chi connectivity index (χ1v) is 10.3. The molecule has 0 aliphatic carbocycles. The van der Waals surface area contributed by atoms with E-state index in [-0.39, 0.29) is 30.7 Å². The summed E-state index contributed by atoms with van der Waals surface area (Å²) in [6, 6.07) is 7.23. The van der Waals surface area contributed by atoms with E-state index in [1.165, 1.54) is 12.1 Å². The smallest absolute Gasteiger partial charge is 0.223 e. The second-order valence-electron chi connectivity index (χ2n) is 6.62. The van der Waals surface area contributed by atoms with Crippen LogP contribution in [0.3, 0.4) is 0 Å². The molecule has 2 aromatic rings. The number of ether oxygens (including phenoxy) is 2. The molecule has 144 valence electrons. The SMILES string of the molecule is CS(=O)(=O)NC1COC2C(Nc3nccc(-c4cccc(F)c4)n3)COC12. The van der Waals surface area contributed by atoms with Crippen LogP contribution in [0.2, 0.25) is 0 Å². The van der Waals surface area contributed by atoms with Crippen molar-refractivity contribution < 1.29 is 22.3 Å². The Bertz CT molecular complexity index is 942. The molecule has 4 atom stereocenters. The average Bonchev–Trinajstić information content (AvgIpc) is 3.18. The van der Waals surface area contributed by atoms with Gasteiger partial charge in [-0.3, -0.25) is 0 Å². The third-order valence-electron chi connectivity index (χ3n) is 4.51. The number of aromatic nitrogens is 2. The minimum Gasteiger partial charge on any atom is -0.371 e. The lowest BCUT2D eigenvalue weighted by Gasteiger charge is -2.18. The zero-order valence-corrected chi connectivity index (χ0v) is 15.3. The van der Waals surface area contributed by atoms with Crippen molar-refractivity contribution >= 4 is 16.0 Å². The Morgan fingerprint density at radius 3 is 2.63 bits per heavy atom. The number of sulfonamides is 1. The van der Waals surface area contributed by atoms with Gasteiger partial charge in [0.05, 0.1) is 37.2 Å². The Hall–Kier alpha value is -2.14. The number of fused-ring (bicyclic) bond motifs is 1. The van der Waals surface area contributed by atoms with E-state index in [0.717, 1.165) is 6.26 Å². The van der Waals surface area contributed by atoms with Crippen LogP contribution in [0.25, 0.3) is 11.3 Å². The van der Waals surface area contributed by atoms with Crippen molar-refractivity contribution in [1.82, 2.24) is 14.7 Å². The summed E-state index contributed by atoms with van der Waals surface area (Å²) in [5.41, 5.74) is 1.24. The molecular formula is C17H19FN4O4S. The molecule has 1 aromatic heterocycles. The van der Waals surface area contributed by atoms with Gasteiger partial charge in [0.1, 0.15) is 18.0 Å². The van der Waals surface area contributed by atoms with Gasteiger partial charge in [0.2, 0.25) is 16.0 Å². The van der Waals surface area contributed by atoms with Crippen molar-refractivity contribution in [2.75, 3.05) is 24.8 Å². The summed E-state index contributed by atoms with van der Waals surface area (Å²) in [5, 5.41) is 3.18. The molecule has 2 N–H and O–H groups in total. The molecule has 10 heteroatoms. The topological polar surface area (TPSA) is 102 Å². The van der Waals surface area contributed by atoms with Gasteiger partial charge in [0.15, 0.2) is 0 Å². The Balaban J connectivity index is 1.47. The zero-order chi connectivity index (χ0) is 19.0. The van der Waals surface area contributed by atoms with Crippen LogP contribution in [0.5, 0.6) is 0 Å². The third-order valence-corrected chi connectivity index (χ3v) is 5.24. The second kappa shape index (κ2) is 7.12. The maximum Gasteiger partial charge on any atom is 0.223 e. The van der Waals surface area contributed by atoms with Gasteiger partial charge in [0, 0.05) is 11.8 Å². The van der Waals surface area contributed by atoms with Gasteiger partial charge in [-0.15, -0.1) is 0 Å². The van der Waals surface area contributed by atoms with E-state index in [0.29, 0.717) is 23.8 Å². The van der Waals surface area contributed by atoms with Crippen molar-refractivity contribution in [1.29, 1.82) is 0 Å². The van der Waals surface area contributed by atoms with Crippen LogP contribution in [0.15, 0.2) is 36.5 Å². The predicted octanol–water partition coefficient (Wildman–Crippen LogP) is 0.779. The fraction of sp³-hybridized carbons (Fsp3) is 0.412. The molecule has 0 amide bonds. The highest BCUT2D eigenvalue weighted by atomic mass is 32.2. The summed E-state index contributed by atoms with van der Waals surface area (Å²) in [4.78, 5) is 8.63. The van der Waals surface area contributed by atoms with Gasteiger partial charge in [-0.2, -0.15) is 0 Å². The fourth-order valence-corrected chi connectivity index (χ4v) is 4.15. The third kappa shape index (κ3) is 4.08. The average molecular weight is 394 g/mol. The largest absolute Gasteiger partial charge is 0.371 e. The molecule has 8 nitrogen and oxygen atoms in total. The number of benzene rings is 1. The molecule has 27 heavy (non-hydrogen) atoms. The molecule has 4 unspecified atom stereocenters. The highest BCUT2D eigenvalue weighted by molar-refractivity contribution is 7.88. The van der Waals surface area contributed by atoms with Crippen LogP contribution in [-0.2, 0) is 19.5 Å². The van der Waals surface area contributed by atoms with Gasteiger partial charge >= 0.3 is 0 Å². The van der Waals surface area contributed by atoms with Crippen LogP contribution < -0.4 is 10.0 Å². The van der Waals surface area contributed by atoms with Crippen LogP contribution in [0, 0.1) is 5.82 Å². The minimum atomic E-state index is -3.35. The van der Waals surface area contributed by atoms with Crippen LogP contribution >= 0.6 is 0 Å². The second-order valence-corrected chi connectivity index (χ2v) is 8.40. The summed E-state index contributed by atoms with van der Waals surface area (Å²) in [5.74, 6) is 0.0329. The molecule has 1 aromatic carbocycles. The van der Waals surface area contributed by atoms with Crippen molar-refractivity contribution in [2.24, 2.45) is 0 Å².